The van der Waals surface area contributed by atoms with E-state index in [1.807, 2.05) is 42.5 Å². The second kappa shape index (κ2) is 12.9. The van der Waals surface area contributed by atoms with Crippen molar-refractivity contribution in [1.82, 2.24) is 9.88 Å². The molecule has 1 aliphatic heterocycles. The van der Waals surface area contributed by atoms with Gasteiger partial charge < -0.3 is 14.4 Å². The lowest BCUT2D eigenvalue weighted by atomic mass is 10.2. The second-order valence-corrected chi connectivity index (χ2v) is 7.62. The number of rotatable bonds is 12. The van der Waals surface area contributed by atoms with Crippen molar-refractivity contribution in [2.24, 2.45) is 5.10 Å². The third-order valence-electron chi connectivity index (χ3n) is 5.09. The van der Waals surface area contributed by atoms with E-state index in [1.165, 1.54) is 0 Å². The summed E-state index contributed by atoms with van der Waals surface area (Å²) < 4.78 is 11.5. The number of morpholine rings is 1. The third-order valence-corrected chi connectivity index (χ3v) is 5.09. The van der Waals surface area contributed by atoms with Crippen LogP contribution in [0.1, 0.15) is 32.3 Å². The van der Waals surface area contributed by atoms with Crippen LogP contribution in [0.5, 0.6) is 5.88 Å². The summed E-state index contributed by atoms with van der Waals surface area (Å²) in [6, 6.07) is 14.1. The van der Waals surface area contributed by atoms with Crippen LogP contribution < -0.4 is 15.1 Å². The quantitative estimate of drug-likeness (QED) is 0.412. The van der Waals surface area contributed by atoms with Crippen molar-refractivity contribution in [3.63, 3.8) is 0 Å². The highest BCUT2D eigenvalue weighted by atomic mass is 16.5. The molecule has 0 bridgehead atoms. The minimum absolute atomic E-state index is 0.602. The van der Waals surface area contributed by atoms with Crippen molar-refractivity contribution in [2.45, 2.75) is 26.7 Å². The SMILES string of the molecule is CCCN(CCC)c1cc(N/N=C/c2ccccc2)nc(OCCN2CCOCC2)c1. The number of anilines is 2. The minimum atomic E-state index is 0.602. The molecule has 7 heteroatoms. The lowest BCUT2D eigenvalue weighted by molar-refractivity contribution is 0.0320. The van der Waals surface area contributed by atoms with Gasteiger partial charge in [0, 0.05) is 50.5 Å². The summed E-state index contributed by atoms with van der Waals surface area (Å²) in [5.41, 5.74) is 5.22. The zero-order valence-corrected chi connectivity index (χ0v) is 18.8. The first-order valence-corrected chi connectivity index (χ1v) is 11.3. The first-order chi connectivity index (χ1) is 15.3. The molecule has 1 fully saturated rings. The monoisotopic (exact) mass is 425 g/mol. The summed E-state index contributed by atoms with van der Waals surface area (Å²) in [6.45, 7) is 11.4. The van der Waals surface area contributed by atoms with Crippen LogP contribution in [0.15, 0.2) is 47.6 Å². The van der Waals surface area contributed by atoms with Gasteiger partial charge in [0.2, 0.25) is 5.88 Å². The Balaban J connectivity index is 1.70. The molecule has 0 aliphatic carbocycles. The Morgan fingerprint density at radius 3 is 2.58 bits per heavy atom. The van der Waals surface area contributed by atoms with E-state index in [2.05, 4.69) is 39.2 Å². The molecule has 0 spiro atoms. The number of benzene rings is 1. The van der Waals surface area contributed by atoms with Gasteiger partial charge in [0.25, 0.3) is 0 Å². The number of aromatic nitrogens is 1. The van der Waals surface area contributed by atoms with Gasteiger partial charge in [-0.1, -0.05) is 44.2 Å². The highest BCUT2D eigenvalue weighted by molar-refractivity contribution is 5.80. The number of nitrogens with one attached hydrogen (secondary N) is 1. The molecule has 1 aliphatic rings. The van der Waals surface area contributed by atoms with E-state index in [1.54, 1.807) is 6.21 Å². The van der Waals surface area contributed by atoms with Crippen molar-refractivity contribution in [2.75, 3.05) is 62.9 Å². The Kier molecular flexibility index (Phi) is 9.60. The number of ether oxygens (including phenoxy) is 2. The summed E-state index contributed by atoms with van der Waals surface area (Å²) in [5, 5.41) is 4.37. The van der Waals surface area contributed by atoms with Gasteiger partial charge in [-0.2, -0.15) is 10.1 Å². The lowest BCUT2D eigenvalue weighted by Crippen LogP contribution is -2.38. The molecule has 1 N–H and O–H groups in total. The molecule has 2 heterocycles. The summed E-state index contributed by atoms with van der Waals surface area (Å²) in [5.74, 6) is 1.31. The highest BCUT2D eigenvalue weighted by Crippen LogP contribution is 2.24. The summed E-state index contributed by atoms with van der Waals surface area (Å²) in [6.07, 6.45) is 3.97. The van der Waals surface area contributed by atoms with Crippen LogP contribution in [-0.2, 0) is 4.74 Å². The van der Waals surface area contributed by atoms with Crippen molar-refractivity contribution >= 4 is 17.7 Å². The lowest BCUT2D eigenvalue weighted by Gasteiger charge is -2.26. The molecule has 1 aromatic carbocycles. The van der Waals surface area contributed by atoms with Crippen LogP contribution in [0.4, 0.5) is 11.5 Å². The second-order valence-electron chi connectivity index (χ2n) is 7.62. The Bertz CT molecular complexity index is 788. The van der Waals surface area contributed by atoms with Gasteiger partial charge in [-0.15, -0.1) is 0 Å². The predicted octanol–water partition coefficient (Wildman–Crippen LogP) is 3.87. The fourth-order valence-corrected chi connectivity index (χ4v) is 3.53. The molecule has 0 atom stereocenters. The maximum absolute atomic E-state index is 6.05. The van der Waals surface area contributed by atoms with E-state index in [4.69, 9.17) is 9.47 Å². The molecule has 1 saturated heterocycles. The van der Waals surface area contributed by atoms with Crippen LogP contribution in [0.3, 0.4) is 0 Å². The van der Waals surface area contributed by atoms with Crippen molar-refractivity contribution in [3.05, 3.63) is 48.0 Å². The maximum atomic E-state index is 6.05. The van der Waals surface area contributed by atoms with Gasteiger partial charge in [0.05, 0.1) is 19.4 Å². The highest BCUT2D eigenvalue weighted by Gasteiger charge is 2.12. The zero-order valence-electron chi connectivity index (χ0n) is 18.8. The molecule has 168 valence electrons. The van der Waals surface area contributed by atoms with E-state index in [-0.39, 0.29) is 0 Å². The number of hydrogen-bond acceptors (Lipinski definition) is 7. The first-order valence-electron chi connectivity index (χ1n) is 11.3. The smallest absolute Gasteiger partial charge is 0.217 e. The van der Waals surface area contributed by atoms with Gasteiger partial charge in [0.1, 0.15) is 6.61 Å². The van der Waals surface area contributed by atoms with Gasteiger partial charge in [-0.05, 0) is 18.4 Å². The van der Waals surface area contributed by atoms with E-state index in [0.717, 1.165) is 70.0 Å². The molecule has 0 radical (unpaired) electrons. The largest absolute Gasteiger partial charge is 0.476 e. The maximum Gasteiger partial charge on any atom is 0.217 e. The van der Waals surface area contributed by atoms with Gasteiger partial charge in [0.15, 0.2) is 5.82 Å². The molecule has 7 nitrogen and oxygen atoms in total. The van der Waals surface area contributed by atoms with Crippen LogP contribution in [0, 0.1) is 0 Å². The molecule has 0 saturated carbocycles. The summed E-state index contributed by atoms with van der Waals surface area (Å²) in [7, 11) is 0. The normalized spacial score (nSPS) is 14.6. The Hall–Kier alpha value is -2.64. The third kappa shape index (κ3) is 7.84. The van der Waals surface area contributed by atoms with Gasteiger partial charge in [-0.3, -0.25) is 10.3 Å². The topological polar surface area (TPSA) is 62.2 Å². The van der Waals surface area contributed by atoms with E-state index < -0.39 is 0 Å². The molecule has 1 aromatic heterocycles. The van der Waals surface area contributed by atoms with Crippen LogP contribution in [0.2, 0.25) is 0 Å². The van der Waals surface area contributed by atoms with E-state index >= 15 is 0 Å². The molecule has 3 rings (SSSR count). The van der Waals surface area contributed by atoms with Gasteiger partial charge in [-0.25, -0.2) is 0 Å². The van der Waals surface area contributed by atoms with Crippen molar-refractivity contribution in [3.8, 4) is 5.88 Å². The van der Waals surface area contributed by atoms with Crippen molar-refractivity contribution in [1.29, 1.82) is 0 Å². The fourth-order valence-electron chi connectivity index (χ4n) is 3.53. The number of hydrazone groups is 1. The predicted molar refractivity (Wildman–Crippen MR) is 127 cm³/mol. The Morgan fingerprint density at radius 1 is 1.13 bits per heavy atom. The first kappa shape index (κ1) is 23.0. The molecular formula is C24H35N5O2. The number of hydrogen-bond donors (Lipinski definition) is 1. The summed E-state index contributed by atoms with van der Waals surface area (Å²) >= 11 is 0. The van der Waals surface area contributed by atoms with E-state index in [9.17, 15) is 0 Å². The fraction of sp³-hybridized carbons (Fsp3) is 0.500. The van der Waals surface area contributed by atoms with Crippen molar-refractivity contribution < 1.29 is 9.47 Å². The summed E-state index contributed by atoms with van der Waals surface area (Å²) in [4.78, 5) is 9.37. The molecule has 0 amide bonds. The van der Waals surface area contributed by atoms with Crippen LogP contribution >= 0.6 is 0 Å². The Morgan fingerprint density at radius 2 is 1.87 bits per heavy atom. The average Bonchev–Trinajstić information content (AvgIpc) is 2.80. The molecular weight excluding hydrogens is 390 g/mol. The standard InChI is InChI=1S/C24H35N5O2/c1-3-10-29(11-4-2)22-18-23(27-25-20-21-8-6-5-7-9-21)26-24(19-22)31-17-14-28-12-15-30-16-13-28/h5-9,18-20H,3-4,10-17H2,1-2H3,(H,26,27)/b25-20+. The van der Waals surface area contributed by atoms with Crippen LogP contribution in [0.25, 0.3) is 0 Å². The molecule has 31 heavy (non-hydrogen) atoms. The van der Waals surface area contributed by atoms with E-state index in [0.29, 0.717) is 18.3 Å². The average molecular weight is 426 g/mol. The molecule has 0 unspecified atom stereocenters. The minimum Gasteiger partial charge on any atom is -0.476 e. The molecule has 2 aromatic rings. The zero-order chi connectivity index (χ0) is 21.7. The van der Waals surface area contributed by atoms with Crippen LogP contribution in [-0.4, -0.2) is 68.6 Å². The number of nitrogens with zero attached hydrogens (tertiary/aromatic N) is 4. The Labute approximate surface area is 186 Å². The number of pyridine rings is 1. The van der Waals surface area contributed by atoms with Gasteiger partial charge >= 0.3 is 0 Å².